The molecule has 31 heavy (non-hydrogen) atoms. The fraction of sp³-hybridized carbons (Fsp3) is 0.625. The molecule has 4 amide bonds. The molecule has 7 nitrogen and oxygen atoms in total. The molecule has 2 atom stereocenters. The molecule has 0 unspecified atom stereocenters. The molecule has 1 heterocycles. The first-order chi connectivity index (χ1) is 14.8. The number of carbonyl (C=O) groups excluding carboxylic acids is 3. The second-order valence-electron chi connectivity index (χ2n) is 9.33. The molecule has 1 aromatic rings. The van der Waals surface area contributed by atoms with E-state index in [2.05, 4.69) is 68.0 Å². The van der Waals surface area contributed by atoms with Crippen LogP contribution in [0.1, 0.15) is 89.3 Å². The normalized spacial score (nSPS) is 20.1. The van der Waals surface area contributed by atoms with Gasteiger partial charge in [0.15, 0.2) is 0 Å². The summed E-state index contributed by atoms with van der Waals surface area (Å²) in [5.41, 5.74) is 4.08. The zero-order chi connectivity index (χ0) is 22.6. The summed E-state index contributed by atoms with van der Waals surface area (Å²) in [4.78, 5) is 37.7. The average Bonchev–Trinajstić information content (AvgIpc) is 2.97. The Morgan fingerprint density at radius 2 is 1.68 bits per heavy atom. The van der Waals surface area contributed by atoms with Gasteiger partial charge in [0, 0.05) is 6.04 Å². The second-order valence-corrected chi connectivity index (χ2v) is 9.33. The molecule has 0 aromatic heterocycles. The molecule has 1 saturated carbocycles. The van der Waals surface area contributed by atoms with Gasteiger partial charge in [0.1, 0.15) is 5.54 Å². The summed E-state index contributed by atoms with van der Waals surface area (Å²) in [6.45, 7) is 8.60. The van der Waals surface area contributed by atoms with Crippen molar-refractivity contribution in [2.24, 2.45) is 5.92 Å². The van der Waals surface area contributed by atoms with E-state index in [9.17, 15) is 14.4 Å². The van der Waals surface area contributed by atoms with Crippen LogP contribution in [0.3, 0.4) is 0 Å². The van der Waals surface area contributed by atoms with Crippen molar-refractivity contribution >= 4 is 17.8 Å². The molecule has 1 aliphatic carbocycles. The predicted octanol–water partition coefficient (Wildman–Crippen LogP) is 3.77. The highest BCUT2D eigenvalue weighted by Gasteiger charge is 2.52. The van der Waals surface area contributed by atoms with Gasteiger partial charge in [-0.1, -0.05) is 71.2 Å². The van der Waals surface area contributed by atoms with E-state index in [1.54, 1.807) is 0 Å². The first-order valence-corrected chi connectivity index (χ1v) is 11.6. The Balaban J connectivity index is 1.59. The van der Waals surface area contributed by atoms with Gasteiger partial charge in [-0.2, -0.15) is 5.01 Å². The topological polar surface area (TPSA) is 90.5 Å². The van der Waals surface area contributed by atoms with Crippen molar-refractivity contribution in [1.82, 2.24) is 21.1 Å². The molecule has 1 saturated heterocycles. The molecular formula is C24H36N4O3. The van der Waals surface area contributed by atoms with Crippen molar-refractivity contribution in [3.8, 4) is 0 Å². The van der Waals surface area contributed by atoms with Crippen molar-refractivity contribution in [1.29, 1.82) is 0 Å². The number of urea groups is 1. The molecule has 7 heteroatoms. The predicted molar refractivity (Wildman–Crippen MR) is 120 cm³/mol. The summed E-state index contributed by atoms with van der Waals surface area (Å²) in [5, 5.41) is 6.96. The quantitative estimate of drug-likeness (QED) is 0.550. The smallest absolute Gasteiger partial charge is 0.322 e. The fourth-order valence-electron chi connectivity index (χ4n) is 4.59. The van der Waals surface area contributed by atoms with Crippen molar-refractivity contribution < 1.29 is 14.4 Å². The maximum atomic E-state index is 12.8. The first kappa shape index (κ1) is 23.3. The largest absolute Gasteiger partial charge is 0.344 e. The van der Waals surface area contributed by atoms with Gasteiger partial charge in [0.2, 0.25) is 0 Å². The molecule has 3 rings (SSSR count). The van der Waals surface area contributed by atoms with E-state index in [0.717, 1.165) is 36.3 Å². The summed E-state index contributed by atoms with van der Waals surface area (Å²) in [7, 11) is 0. The highest BCUT2D eigenvalue weighted by molar-refractivity contribution is 6.08. The third-order valence-corrected chi connectivity index (χ3v) is 6.73. The van der Waals surface area contributed by atoms with Gasteiger partial charge in [0.25, 0.3) is 11.8 Å². The highest BCUT2D eigenvalue weighted by Crippen LogP contribution is 2.33. The van der Waals surface area contributed by atoms with Gasteiger partial charge >= 0.3 is 6.03 Å². The van der Waals surface area contributed by atoms with Gasteiger partial charge in [0.05, 0.1) is 6.54 Å². The molecule has 3 N–H and O–H groups in total. The number of rotatable bonds is 8. The van der Waals surface area contributed by atoms with Gasteiger partial charge in [-0.25, -0.2) is 4.79 Å². The number of imide groups is 1. The van der Waals surface area contributed by atoms with Crippen LogP contribution >= 0.6 is 0 Å². The number of hydrazine groups is 1. The summed E-state index contributed by atoms with van der Waals surface area (Å²) in [6.07, 6.45) is 5.22. The number of hydrogen-bond donors (Lipinski definition) is 3. The zero-order valence-corrected chi connectivity index (χ0v) is 19.2. The number of benzene rings is 1. The Morgan fingerprint density at radius 3 is 2.26 bits per heavy atom. The van der Waals surface area contributed by atoms with E-state index < -0.39 is 17.5 Å². The van der Waals surface area contributed by atoms with Crippen LogP contribution in [0.15, 0.2) is 24.3 Å². The van der Waals surface area contributed by atoms with Gasteiger partial charge in [-0.3, -0.25) is 15.0 Å². The van der Waals surface area contributed by atoms with Gasteiger partial charge < -0.3 is 10.6 Å². The van der Waals surface area contributed by atoms with Crippen LogP contribution in [0.25, 0.3) is 0 Å². The Labute approximate surface area is 185 Å². The molecule has 1 spiro atoms. The number of carbonyl (C=O) groups is 3. The summed E-state index contributed by atoms with van der Waals surface area (Å²) >= 11 is 0. The van der Waals surface area contributed by atoms with Crippen LogP contribution in [0.5, 0.6) is 0 Å². The summed E-state index contributed by atoms with van der Waals surface area (Å²) < 4.78 is 0. The zero-order valence-electron chi connectivity index (χ0n) is 19.2. The van der Waals surface area contributed by atoms with Crippen molar-refractivity contribution in [3.05, 3.63) is 35.4 Å². The lowest BCUT2D eigenvalue weighted by atomic mass is 9.82. The van der Waals surface area contributed by atoms with E-state index in [1.807, 2.05) is 0 Å². The summed E-state index contributed by atoms with van der Waals surface area (Å²) in [6, 6.07) is 7.98. The van der Waals surface area contributed by atoms with Crippen LogP contribution in [0.2, 0.25) is 0 Å². The van der Waals surface area contributed by atoms with Crippen LogP contribution in [-0.2, 0) is 9.59 Å². The lowest BCUT2D eigenvalue weighted by molar-refractivity contribution is -0.139. The third kappa shape index (κ3) is 5.09. The Bertz CT molecular complexity index is 800. The summed E-state index contributed by atoms with van der Waals surface area (Å²) in [5.74, 6) is 0.0381. The van der Waals surface area contributed by atoms with E-state index in [-0.39, 0.29) is 24.4 Å². The maximum Gasteiger partial charge on any atom is 0.344 e. The molecule has 0 bridgehead atoms. The average molecular weight is 429 g/mol. The maximum absolute atomic E-state index is 12.8. The lowest BCUT2D eigenvalue weighted by Crippen LogP contribution is -2.52. The van der Waals surface area contributed by atoms with E-state index in [4.69, 9.17) is 0 Å². The molecule has 0 radical (unpaired) electrons. The van der Waals surface area contributed by atoms with Crippen molar-refractivity contribution in [2.75, 3.05) is 6.54 Å². The van der Waals surface area contributed by atoms with Crippen LogP contribution in [0, 0.1) is 5.92 Å². The second kappa shape index (κ2) is 9.81. The molecular weight excluding hydrogens is 392 g/mol. The van der Waals surface area contributed by atoms with Gasteiger partial charge in [-0.05, 0) is 42.2 Å². The van der Waals surface area contributed by atoms with Crippen LogP contribution in [0.4, 0.5) is 4.79 Å². The lowest BCUT2D eigenvalue weighted by Gasteiger charge is -2.30. The number of hydrogen-bond acceptors (Lipinski definition) is 4. The molecule has 2 aliphatic rings. The molecule has 2 fully saturated rings. The SMILES string of the molecule is CC[C@H](C)c1ccc([C@@H](NCC(=O)NN2C(=O)NC3(CCCCC3)C2=O)C(C)C)cc1. The van der Waals surface area contributed by atoms with E-state index in [0.29, 0.717) is 18.8 Å². The molecule has 1 aromatic carbocycles. The van der Waals surface area contributed by atoms with E-state index in [1.165, 1.54) is 5.56 Å². The highest BCUT2D eigenvalue weighted by atomic mass is 16.2. The minimum absolute atomic E-state index is 0.00970. The number of amides is 4. The monoisotopic (exact) mass is 428 g/mol. The fourth-order valence-corrected chi connectivity index (χ4v) is 4.59. The Morgan fingerprint density at radius 1 is 1.06 bits per heavy atom. The molecule has 1 aliphatic heterocycles. The minimum atomic E-state index is -0.839. The van der Waals surface area contributed by atoms with Crippen molar-refractivity contribution in [3.63, 3.8) is 0 Å². The van der Waals surface area contributed by atoms with Crippen molar-refractivity contribution in [2.45, 2.75) is 83.7 Å². The first-order valence-electron chi connectivity index (χ1n) is 11.6. The third-order valence-electron chi connectivity index (χ3n) is 6.73. The molecule has 170 valence electrons. The van der Waals surface area contributed by atoms with Crippen LogP contribution in [-0.4, -0.2) is 34.9 Å². The van der Waals surface area contributed by atoms with Crippen LogP contribution < -0.4 is 16.1 Å². The van der Waals surface area contributed by atoms with Gasteiger partial charge in [-0.15, -0.1) is 0 Å². The number of nitrogens with one attached hydrogen (secondary N) is 3. The Hall–Kier alpha value is -2.41. The standard InChI is InChI=1S/C24H36N4O3/c1-5-17(4)18-9-11-19(12-10-18)21(16(2)3)25-15-20(29)27-28-22(30)24(26-23(28)31)13-7-6-8-14-24/h9-12,16-17,21,25H,5-8,13-15H2,1-4H3,(H,26,31)(H,27,29)/t17-,21-/m0/s1. The number of nitrogens with zero attached hydrogens (tertiary/aromatic N) is 1. The van der Waals surface area contributed by atoms with E-state index >= 15 is 0 Å². The Kier molecular flexibility index (Phi) is 7.36. The minimum Gasteiger partial charge on any atom is -0.322 e.